The van der Waals surface area contributed by atoms with Gasteiger partial charge < -0.3 is 9.72 Å². The van der Waals surface area contributed by atoms with Gasteiger partial charge in [-0.05, 0) is 50.1 Å². The van der Waals surface area contributed by atoms with Crippen LogP contribution in [0.2, 0.25) is 0 Å². The van der Waals surface area contributed by atoms with E-state index < -0.39 is 0 Å². The number of nitrogens with one attached hydrogen (secondary N) is 3. The maximum atomic E-state index is 13.0. The van der Waals surface area contributed by atoms with Crippen LogP contribution in [0.5, 0.6) is 5.75 Å². The van der Waals surface area contributed by atoms with Crippen LogP contribution < -0.4 is 15.4 Å². The van der Waals surface area contributed by atoms with E-state index in [1.54, 1.807) is 18.2 Å². The molecule has 0 saturated carbocycles. The van der Waals surface area contributed by atoms with Crippen LogP contribution in [0.15, 0.2) is 65.8 Å². The van der Waals surface area contributed by atoms with Crippen molar-refractivity contribution < 1.29 is 9.53 Å². The second kappa shape index (κ2) is 9.95. The Morgan fingerprint density at radius 3 is 2.58 bits per heavy atom. The maximum Gasteiger partial charge on any atom is 0.261 e. The van der Waals surface area contributed by atoms with Crippen LogP contribution in [0, 0.1) is 13.8 Å². The quantitative estimate of drug-likeness (QED) is 0.309. The minimum Gasteiger partial charge on any atom is -0.496 e. The molecule has 2 heterocycles. The maximum absolute atomic E-state index is 13.0. The second-order valence-electron chi connectivity index (χ2n) is 7.59. The highest BCUT2D eigenvalue weighted by molar-refractivity contribution is 6.10. The molecule has 0 aliphatic carbocycles. The smallest absolute Gasteiger partial charge is 0.261 e. The van der Waals surface area contributed by atoms with E-state index in [0.29, 0.717) is 30.2 Å². The number of ether oxygens (including phenoxy) is 1. The van der Waals surface area contributed by atoms with E-state index >= 15 is 0 Å². The van der Waals surface area contributed by atoms with Gasteiger partial charge in [-0.3, -0.25) is 20.4 Å². The number of aromatic amines is 1. The van der Waals surface area contributed by atoms with E-state index in [1.165, 1.54) is 7.11 Å². The highest BCUT2D eigenvalue weighted by atomic mass is 16.5. The van der Waals surface area contributed by atoms with Crippen molar-refractivity contribution in [1.29, 1.82) is 0 Å². The van der Waals surface area contributed by atoms with Crippen LogP contribution in [-0.2, 0) is 6.42 Å². The van der Waals surface area contributed by atoms with Crippen molar-refractivity contribution in [2.75, 3.05) is 19.0 Å². The second-order valence-corrected chi connectivity index (χ2v) is 7.59. The Labute approximate surface area is 192 Å². The number of anilines is 1. The summed E-state index contributed by atoms with van der Waals surface area (Å²) < 4.78 is 5.32. The summed E-state index contributed by atoms with van der Waals surface area (Å²) in [6.07, 6.45) is 2.70. The number of nitrogens with zero attached hydrogens (tertiary/aromatic N) is 3. The summed E-state index contributed by atoms with van der Waals surface area (Å²) in [5, 5.41) is 7.07. The Morgan fingerprint density at radius 2 is 1.79 bits per heavy atom. The number of para-hydroxylation sites is 2. The summed E-state index contributed by atoms with van der Waals surface area (Å²) >= 11 is 0. The van der Waals surface area contributed by atoms with Gasteiger partial charge in [-0.2, -0.15) is 0 Å². The fourth-order valence-corrected chi connectivity index (χ4v) is 3.63. The first-order valence-corrected chi connectivity index (χ1v) is 10.7. The molecule has 1 amide bonds. The van der Waals surface area contributed by atoms with E-state index in [-0.39, 0.29) is 11.9 Å². The van der Waals surface area contributed by atoms with Crippen molar-refractivity contribution in [3.63, 3.8) is 0 Å². The minimum absolute atomic E-state index is 0.274. The molecule has 0 unspecified atom stereocenters. The number of hydrogen-bond acceptors (Lipinski definition) is 5. The zero-order valence-electron chi connectivity index (χ0n) is 18.8. The van der Waals surface area contributed by atoms with Gasteiger partial charge in [0.1, 0.15) is 5.75 Å². The van der Waals surface area contributed by atoms with E-state index in [1.807, 2.05) is 50.4 Å². The summed E-state index contributed by atoms with van der Waals surface area (Å²) in [5.74, 6) is 0.792. The van der Waals surface area contributed by atoms with E-state index in [9.17, 15) is 4.79 Å². The molecule has 2 aromatic heterocycles. The molecule has 4 aromatic rings. The Bertz CT molecular complexity index is 1290. The normalized spacial score (nSPS) is 11.4. The molecular weight excluding hydrogens is 416 g/mol. The van der Waals surface area contributed by atoms with Gasteiger partial charge in [-0.25, -0.2) is 9.97 Å². The average molecular weight is 443 g/mol. The molecule has 0 bridgehead atoms. The van der Waals surface area contributed by atoms with Crippen molar-refractivity contribution in [1.82, 2.24) is 20.3 Å². The number of benzene rings is 2. The predicted molar refractivity (Wildman–Crippen MR) is 130 cm³/mol. The van der Waals surface area contributed by atoms with Crippen LogP contribution in [-0.4, -0.2) is 40.5 Å². The third-order valence-corrected chi connectivity index (χ3v) is 5.12. The highest BCUT2D eigenvalue weighted by Crippen LogP contribution is 2.19. The van der Waals surface area contributed by atoms with Crippen LogP contribution in [0.3, 0.4) is 0 Å². The Kier molecular flexibility index (Phi) is 6.64. The molecule has 0 aliphatic rings. The molecule has 0 saturated heterocycles. The van der Waals surface area contributed by atoms with Gasteiger partial charge in [0, 0.05) is 35.0 Å². The van der Waals surface area contributed by atoms with Crippen molar-refractivity contribution in [2.45, 2.75) is 20.3 Å². The van der Waals surface area contributed by atoms with E-state index in [0.717, 1.165) is 27.9 Å². The first-order chi connectivity index (χ1) is 16.0. The van der Waals surface area contributed by atoms with Crippen molar-refractivity contribution in [2.24, 2.45) is 4.99 Å². The Hall–Kier alpha value is -4.20. The summed E-state index contributed by atoms with van der Waals surface area (Å²) in [7, 11) is 1.53. The fourth-order valence-electron chi connectivity index (χ4n) is 3.63. The number of aliphatic imine (C=N–C) groups is 1. The zero-order chi connectivity index (χ0) is 23.2. The van der Waals surface area contributed by atoms with Crippen molar-refractivity contribution in [3.8, 4) is 5.75 Å². The molecular formula is C25H26N6O2. The van der Waals surface area contributed by atoms with Gasteiger partial charge in [0.25, 0.3) is 5.91 Å². The molecule has 4 rings (SSSR count). The number of guanidine groups is 1. The Balaban J connectivity index is 1.56. The first-order valence-electron chi connectivity index (χ1n) is 10.7. The minimum atomic E-state index is -0.338. The molecule has 8 heteroatoms. The monoisotopic (exact) mass is 442 g/mol. The lowest BCUT2D eigenvalue weighted by atomic mass is 10.1. The number of fused-ring (bicyclic) bond motifs is 1. The number of H-pyrrole nitrogens is 1. The molecule has 33 heavy (non-hydrogen) atoms. The summed E-state index contributed by atoms with van der Waals surface area (Å²) in [5.41, 5.74) is 4.29. The largest absolute Gasteiger partial charge is 0.496 e. The third-order valence-electron chi connectivity index (χ3n) is 5.12. The molecule has 0 spiro atoms. The standard InChI is InChI=1S/C25H26N6O2/c1-16-14-17(2)29-25(28-16)31-24(30-23(32)20-9-5-7-11-22(20)33-3)26-13-12-18-15-27-21-10-6-4-8-19(18)21/h4-11,14-15,27H,12-13H2,1-3H3,(H2,26,28,29,30,31,32). The van der Waals surface area contributed by atoms with Gasteiger partial charge in [0.05, 0.1) is 12.7 Å². The number of aryl methyl sites for hydroxylation is 2. The number of carbonyl (C=O) groups is 1. The van der Waals surface area contributed by atoms with Gasteiger partial charge >= 0.3 is 0 Å². The van der Waals surface area contributed by atoms with Gasteiger partial charge in [0.15, 0.2) is 0 Å². The summed E-state index contributed by atoms with van der Waals surface area (Å²) in [4.78, 5) is 29.7. The van der Waals surface area contributed by atoms with Crippen LogP contribution in [0.1, 0.15) is 27.3 Å². The topological polar surface area (TPSA) is 104 Å². The molecule has 0 fully saturated rings. The number of methoxy groups -OCH3 is 1. The Morgan fingerprint density at radius 1 is 1.06 bits per heavy atom. The van der Waals surface area contributed by atoms with Crippen LogP contribution in [0.4, 0.5) is 5.95 Å². The van der Waals surface area contributed by atoms with Crippen molar-refractivity contribution in [3.05, 3.63) is 83.3 Å². The zero-order valence-corrected chi connectivity index (χ0v) is 18.8. The number of amides is 1. The van der Waals surface area contributed by atoms with Crippen LogP contribution >= 0.6 is 0 Å². The number of aromatic nitrogens is 3. The lowest BCUT2D eigenvalue weighted by Crippen LogP contribution is -2.37. The summed E-state index contributed by atoms with van der Waals surface area (Å²) in [6, 6.07) is 17.1. The third kappa shape index (κ3) is 5.35. The lowest BCUT2D eigenvalue weighted by molar-refractivity contribution is 0.0974. The predicted octanol–water partition coefficient (Wildman–Crippen LogP) is 4.02. The molecule has 2 aromatic carbocycles. The molecule has 0 atom stereocenters. The van der Waals surface area contributed by atoms with Gasteiger partial charge in [-0.15, -0.1) is 0 Å². The fraction of sp³-hybridized carbons (Fsp3) is 0.200. The van der Waals surface area contributed by atoms with Crippen LogP contribution in [0.25, 0.3) is 10.9 Å². The number of hydrogen-bond donors (Lipinski definition) is 3. The molecule has 3 N–H and O–H groups in total. The summed E-state index contributed by atoms with van der Waals surface area (Å²) in [6.45, 7) is 4.24. The number of carbonyl (C=O) groups excluding carboxylic acids is 1. The molecule has 0 radical (unpaired) electrons. The lowest BCUT2D eigenvalue weighted by Gasteiger charge is -2.13. The first kappa shape index (κ1) is 22.0. The van der Waals surface area contributed by atoms with Gasteiger partial charge in [-0.1, -0.05) is 30.3 Å². The molecule has 8 nitrogen and oxygen atoms in total. The van der Waals surface area contributed by atoms with Crippen molar-refractivity contribution >= 4 is 28.7 Å². The van der Waals surface area contributed by atoms with E-state index in [4.69, 9.17) is 4.74 Å². The molecule has 0 aliphatic heterocycles. The number of rotatable bonds is 6. The molecule has 168 valence electrons. The SMILES string of the molecule is COc1ccccc1C(=O)NC(=NCCc1c[nH]c2ccccc12)Nc1nc(C)cc(C)n1. The highest BCUT2D eigenvalue weighted by Gasteiger charge is 2.15. The van der Waals surface area contributed by atoms with Gasteiger partial charge in [0.2, 0.25) is 11.9 Å². The average Bonchev–Trinajstić information content (AvgIpc) is 3.21. The van der Waals surface area contributed by atoms with E-state index in [2.05, 4.69) is 36.6 Å².